The highest BCUT2D eigenvalue weighted by atomic mass is 19.1. The monoisotopic (exact) mass is 410 g/mol. The summed E-state index contributed by atoms with van der Waals surface area (Å²) in [6.07, 6.45) is 4.91. The molecule has 0 saturated heterocycles. The molecule has 0 N–H and O–H groups in total. The van der Waals surface area contributed by atoms with E-state index < -0.39 is 17.7 Å². The number of aromatic nitrogens is 5. The number of hydrogen-bond donors (Lipinski definition) is 0. The Labute approximate surface area is 169 Å². The summed E-state index contributed by atoms with van der Waals surface area (Å²) in [6.45, 7) is 0. The second kappa shape index (κ2) is 7.02. The number of rotatable bonds is 4. The zero-order valence-electron chi connectivity index (χ0n) is 15.7. The third-order valence-corrected chi connectivity index (χ3v) is 5.57. The summed E-state index contributed by atoms with van der Waals surface area (Å²) in [5.74, 6) is -0.380. The van der Waals surface area contributed by atoms with Gasteiger partial charge in [-0.3, -0.25) is 4.57 Å². The largest absolute Gasteiger partial charge is 0.473 e. The molecule has 3 aromatic rings. The van der Waals surface area contributed by atoms with Crippen LogP contribution in [0.4, 0.5) is 8.78 Å². The molecule has 152 valence electrons. The molecule has 1 fully saturated rings. The molecule has 0 radical (unpaired) electrons. The molecule has 1 aliphatic heterocycles. The van der Waals surface area contributed by atoms with Crippen molar-refractivity contribution in [2.45, 2.75) is 43.9 Å². The summed E-state index contributed by atoms with van der Waals surface area (Å²) in [5, 5.41) is 13.2. The first-order valence-corrected chi connectivity index (χ1v) is 9.56. The van der Waals surface area contributed by atoms with Crippen LogP contribution < -0.4 is 10.4 Å². The van der Waals surface area contributed by atoms with Crippen molar-refractivity contribution in [1.29, 1.82) is 5.26 Å². The average molecular weight is 410 g/mol. The lowest BCUT2D eigenvalue weighted by molar-refractivity contribution is 0.0581. The van der Waals surface area contributed by atoms with E-state index in [2.05, 4.69) is 15.1 Å². The molecular formula is C20H16F2N6O2. The van der Waals surface area contributed by atoms with Crippen molar-refractivity contribution >= 4 is 0 Å². The van der Waals surface area contributed by atoms with Gasteiger partial charge in [-0.15, -0.1) is 0 Å². The molecule has 3 heterocycles. The van der Waals surface area contributed by atoms with Crippen molar-refractivity contribution < 1.29 is 13.5 Å². The Morgan fingerprint density at radius 3 is 2.57 bits per heavy atom. The number of halogens is 2. The first kappa shape index (κ1) is 18.4. The molecule has 1 aromatic carbocycles. The van der Waals surface area contributed by atoms with Gasteiger partial charge in [0.2, 0.25) is 5.88 Å². The number of fused-ring (bicyclic) bond motifs is 1. The lowest BCUT2D eigenvalue weighted by atomic mass is 9.89. The first-order chi connectivity index (χ1) is 14.5. The number of nitriles is 1. The van der Waals surface area contributed by atoms with Crippen molar-refractivity contribution in [3.8, 4) is 11.9 Å². The summed E-state index contributed by atoms with van der Waals surface area (Å²) in [5.41, 5.74) is 0.363. The number of ether oxygens (including phenoxy) is 1. The van der Waals surface area contributed by atoms with Gasteiger partial charge in [0, 0.05) is 25.3 Å². The summed E-state index contributed by atoms with van der Waals surface area (Å²) in [6, 6.07) is 4.70. The lowest BCUT2D eigenvalue weighted by Gasteiger charge is -2.34. The van der Waals surface area contributed by atoms with E-state index in [-0.39, 0.29) is 23.5 Å². The van der Waals surface area contributed by atoms with Gasteiger partial charge in [0.05, 0.1) is 24.5 Å². The van der Waals surface area contributed by atoms with E-state index in [0.717, 1.165) is 6.07 Å². The van der Waals surface area contributed by atoms with E-state index in [1.807, 2.05) is 6.07 Å². The van der Waals surface area contributed by atoms with Crippen LogP contribution in [-0.2, 0) is 6.42 Å². The minimum absolute atomic E-state index is 0.114. The van der Waals surface area contributed by atoms with Crippen LogP contribution in [0.2, 0.25) is 0 Å². The highest BCUT2D eigenvalue weighted by Gasteiger charge is 2.38. The van der Waals surface area contributed by atoms with E-state index >= 15 is 0 Å². The van der Waals surface area contributed by atoms with Gasteiger partial charge in [0.25, 0.3) is 0 Å². The maximum absolute atomic E-state index is 13.6. The van der Waals surface area contributed by atoms with Gasteiger partial charge in [0.1, 0.15) is 29.6 Å². The van der Waals surface area contributed by atoms with Crippen molar-refractivity contribution in [3.05, 3.63) is 69.8 Å². The Kier molecular flexibility index (Phi) is 4.31. The van der Waals surface area contributed by atoms with Gasteiger partial charge >= 0.3 is 5.69 Å². The molecule has 0 amide bonds. The van der Waals surface area contributed by atoms with E-state index in [4.69, 9.17) is 10.00 Å². The van der Waals surface area contributed by atoms with Gasteiger partial charge in [-0.1, -0.05) is 0 Å². The maximum atomic E-state index is 13.6. The predicted octanol–water partition coefficient (Wildman–Crippen LogP) is 2.30. The zero-order chi connectivity index (χ0) is 20.8. The molecule has 30 heavy (non-hydrogen) atoms. The molecule has 1 aliphatic carbocycles. The van der Waals surface area contributed by atoms with Gasteiger partial charge < -0.3 is 4.74 Å². The van der Waals surface area contributed by atoms with Crippen LogP contribution in [0.5, 0.6) is 5.88 Å². The fourth-order valence-electron chi connectivity index (χ4n) is 4.08. The molecule has 5 rings (SSSR count). The molecule has 2 aliphatic rings. The molecule has 0 bridgehead atoms. The van der Waals surface area contributed by atoms with Gasteiger partial charge in [-0.25, -0.2) is 28.2 Å². The minimum atomic E-state index is -0.663. The normalized spacial score (nSPS) is 22.2. The Morgan fingerprint density at radius 1 is 1.13 bits per heavy atom. The Morgan fingerprint density at radius 2 is 1.90 bits per heavy atom. The topological polar surface area (TPSA) is 98.6 Å². The van der Waals surface area contributed by atoms with Crippen LogP contribution in [-0.4, -0.2) is 30.4 Å². The van der Waals surface area contributed by atoms with Crippen LogP contribution in [0.25, 0.3) is 0 Å². The van der Waals surface area contributed by atoms with Gasteiger partial charge in [-0.2, -0.15) is 10.4 Å². The highest BCUT2D eigenvalue weighted by molar-refractivity contribution is 5.25. The van der Waals surface area contributed by atoms with Gasteiger partial charge in [0.15, 0.2) is 5.69 Å². The number of benzene rings is 1. The molecular weight excluding hydrogens is 394 g/mol. The molecule has 1 saturated carbocycles. The number of aryl methyl sites for hydroxylation is 1. The Bertz CT molecular complexity index is 1190. The summed E-state index contributed by atoms with van der Waals surface area (Å²) < 4.78 is 36.0. The fourth-order valence-corrected chi connectivity index (χ4v) is 4.08. The molecule has 2 aromatic heterocycles. The Balaban J connectivity index is 1.31. The smallest absolute Gasteiger partial charge is 0.346 e. The molecule has 1 atom stereocenters. The van der Waals surface area contributed by atoms with E-state index in [0.29, 0.717) is 43.0 Å². The minimum Gasteiger partial charge on any atom is -0.473 e. The van der Waals surface area contributed by atoms with Crippen LogP contribution >= 0.6 is 0 Å². The van der Waals surface area contributed by atoms with Crippen molar-refractivity contribution in [2.75, 3.05) is 0 Å². The van der Waals surface area contributed by atoms with Crippen LogP contribution in [0.15, 0.2) is 35.4 Å². The SMILES string of the molecule is N#Cc1cnc(O[C@H]2C[C@H](n3nc4n(c3=O)[C@H](c3cc(F)cc(F)c3)CC4)C2)cn1. The molecule has 0 spiro atoms. The average Bonchev–Trinajstić information content (AvgIpc) is 3.24. The van der Waals surface area contributed by atoms with Crippen molar-refractivity contribution in [2.24, 2.45) is 0 Å². The van der Waals surface area contributed by atoms with Gasteiger partial charge in [-0.05, 0) is 24.1 Å². The number of hydrogen-bond acceptors (Lipinski definition) is 6. The summed E-state index contributed by atoms with van der Waals surface area (Å²) in [4.78, 5) is 20.9. The summed E-state index contributed by atoms with van der Waals surface area (Å²) >= 11 is 0. The standard InChI is InChI=1S/C20H16F2N6O2/c21-12-3-11(4-13(22)5-12)17-1-2-18-26-28(20(29)27(17)18)15-6-16(7-15)30-19-10-24-14(8-23)9-25-19/h3-5,9-10,15-17H,1-2,6-7H2/t15-,16-,17-/m0/s1. The molecule has 8 nitrogen and oxygen atoms in total. The van der Waals surface area contributed by atoms with E-state index in [1.54, 1.807) is 0 Å². The molecule has 0 unspecified atom stereocenters. The van der Waals surface area contributed by atoms with Crippen LogP contribution in [0.3, 0.4) is 0 Å². The lowest BCUT2D eigenvalue weighted by Crippen LogP contribution is -2.41. The summed E-state index contributed by atoms with van der Waals surface area (Å²) in [7, 11) is 0. The van der Waals surface area contributed by atoms with E-state index in [9.17, 15) is 13.6 Å². The third-order valence-electron chi connectivity index (χ3n) is 5.57. The van der Waals surface area contributed by atoms with Crippen LogP contribution in [0, 0.1) is 23.0 Å². The second-order valence-electron chi connectivity index (χ2n) is 7.49. The number of nitrogens with zero attached hydrogens (tertiary/aromatic N) is 6. The van der Waals surface area contributed by atoms with E-state index in [1.165, 1.54) is 33.8 Å². The fraction of sp³-hybridized carbons (Fsp3) is 0.350. The molecule has 10 heteroatoms. The maximum Gasteiger partial charge on any atom is 0.346 e. The predicted molar refractivity (Wildman–Crippen MR) is 98.7 cm³/mol. The second-order valence-corrected chi connectivity index (χ2v) is 7.49. The first-order valence-electron chi connectivity index (χ1n) is 9.56. The quantitative estimate of drug-likeness (QED) is 0.655. The van der Waals surface area contributed by atoms with Crippen molar-refractivity contribution in [1.82, 2.24) is 24.3 Å². The highest BCUT2D eigenvalue weighted by Crippen LogP contribution is 2.35. The van der Waals surface area contributed by atoms with Crippen LogP contribution in [0.1, 0.15) is 48.4 Å². The third kappa shape index (κ3) is 3.12. The zero-order valence-corrected chi connectivity index (χ0v) is 15.7. The van der Waals surface area contributed by atoms with Crippen molar-refractivity contribution in [3.63, 3.8) is 0 Å². The Hall–Kier alpha value is -3.61.